The summed E-state index contributed by atoms with van der Waals surface area (Å²) in [6, 6.07) is 25.3. The second-order valence-corrected chi connectivity index (χ2v) is 9.90. The molecule has 1 aromatic heterocycles. The summed E-state index contributed by atoms with van der Waals surface area (Å²) >= 11 is 6.12. The molecule has 5 rings (SSSR count). The van der Waals surface area contributed by atoms with Gasteiger partial charge >= 0.3 is 6.03 Å². The predicted molar refractivity (Wildman–Crippen MR) is 157 cm³/mol. The summed E-state index contributed by atoms with van der Waals surface area (Å²) in [4.78, 5) is 27.0. The fourth-order valence-electron chi connectivity index (χ4n) is 4.70. The lowest BCUT2D eigenvalue weighted by Gasteiger charge is -2.36. The van der Waals surface area contributed by atoms with Crippen molar-refractivity contribution in [2.24, 2.45) is 0 Å². The predicted octanol–water partition coefficient (Wildman–Crippen LogP) is 6.45. The maximum Gasteiger partial charge on any atom is 0.321 e. The van der Waals surface area contributed by atoms with Crippen molar-refractivity contribution < 1.29 is 9.53 Å². The molecule has 2 heterocycles. The first-order valence-electron chi connectivity index (χ1n) is 13.2. The number of hydrogen-bond acceptors (Lipinski definition) is 5. The molecule has 1 N–H and O–H groups in total. The number of nitrogens with one attached hydrogen (secondary N) is 1. The number of nitrogens with zero attached hydrogens (tertiary/aromatic N) is 4. The summed E-state index contributed by atoms with van der Waals surface area (Å²) in [6.07, 6.45) is 0.737. The molecule has 7 nitrogen and oxygen atoms in total. The number of ether oxygens (including phenoxy) is 1. The highest BCUT2D eigenvalue weighted by molar-refractivity contribution is 6.30. The van der Waals surface area contributed by atoms with Crippen LogP contribution in [0.3, 0.4) is 0 Å². The Morgan fingerprint density at radius 1 is 0.923 bits per heavy atom. The van der Waals surface area contributed by atoms with Crippen LogP contribution in [0.2, 0.25) is 5.02 Å². The van der Waals surface area contributed by atoms with Crippen LogP contribution in [0, 0.1) is 6.92 Å². The number of aryl methyl sites for hydroxylation is 1. The molecule has 0 unspecified atom stereocenters. The van der Waals surface area contributed by atoms with Gasteiger partial charge in [0.1, 0.15) is 11.6 Å². The van der Waals surface area contributed by atoms with E-state index in [1.807, 2.05) is 73.3 Å². The van der Waals surface area contributed by atoms with E-state index < -0.39 is 0 Å². The van der Waals surface area contributed by atoms with Gasteiger partial charge in [0, 0.05) is 60.1 Å². The Morgan fingerprint density at radius 3 is 2.28 bits per heavy atom. The van der Waals surface area contributed by atoms with Gasteiger partial charge < -0.3 is 19.9 Å². The summed E-state index contributed by atoms with van der Waals surface area (Å²) < 4.78 is 5.49. The van der Waals surface area contributed by atoms with Crippen molar-refractivity contribution in [1.29, 1.82) is 0 Å². The Labute approximate surface area is 234 Å². The van der Waals surface area contributed by atoms with Gasteiger partial charge in [-0.2, -0.15) is 0 Å². The molecule has 1 aliphatic heterocycles. The van der Waals surface area contributed by atoms with Crippen LogP contribution in [-0.2, 0) is 6.42 Å². The van der Waals surface area contributed by atoms with Crippen LogP contribution in [0.25, 0.3) is 11.4 Å². The number of anilines is 2. The van der Waals surface area contributed by atoms with Gasteiger partial charge in [0.05, 0.1) is 6.61 Å². The molecule has 0 saturated carbocycles. The Balaban J connectivity index is 1.34. The Kier molecular flexibility index (Phi) is 8.27. The summed E-state index contributed by atoms with van der Waals surface area (Å²) in [5.41, 5.74) is 4.92. The minimum Gasteiger partial charge on any atom is -0.494 e. The minimum absolute atomic E-state index is 0.107. The van der Waals surface area contributed by atoms with Gasteiger partial charge in [0.25, 0.3) is 0 Å². The van der Waals surface area contributed by atoms with E-state index in [1.165, 1.54) is 5.56 Å². The minimum atomic E-state index is -0.107. The molecule has 200 valence electrons. The Bertz CT molecular complexity index is 1400. The number of rotatable bonds is 7. The monoisotopic (exact) mass is 541 g/mol. The van der Waals surface area contributed by atoms with E-state index >= 15 is 0 Å². The summed E-state index contributed by atoms with van der Waals surface area (Å²) in [5, 5.41) is 3.68. The first-order chi connectivity index (χ1) is 19.0. The number of aromatic nitrogens is 2. The molecule has 2 amide bonds. The number of carbonyl (C=O) groups is 1. The molecule has 1 aliphatic rings. The van der Waals surface area contributed by atoms with Crippen LogP contribution >= 0.6 is 11.6 Å². The van der Waals surface area contributed by atoms with Crippen LogP contribution in [0.5, 0.6) is 5.75 Å². The molecule has 39 heavy (non-hydrogen) atoms. The third kappa shape index (κ3) is 6.49. The lowest BCUT2D eigenvalue weighted by Crippen LogP contribution is -2.50. The normalized spacial score (nSPS) is 13.3. The van der Waals surface area contributed by atoms with Crippen LogP contribution in [-0.4, -0.2) is 53.7 Å². The topological polar surface area (TPSA) is 70.6 Å². The largest absolute Gasteiger partial charge is 0.494 e. The smallest absolute Gasteiger partial charge is 0.321 e. The summed E-state index contributed by atoms with van der Waals surface area (Å²) in [5.74, 6) is 2.38. The number of hydrogen-bond donors (Lipinski definition) is 1. The number of urea groups is 1. The fraction of sp³-hybridized carbons (Fsp3) is 0.258. The van der Waals surface area contributed by atoms with Crippen molar-refractivity contribution in [2.75, 3.05) is 43.0 Å². The molecule has 4 aromatic rings. The molecule has 0 aliphatic carbocycles. The molecule has 0 radical (unpaired) electrons. The van der Waals surface area contributed by atoms with Gasteiger partial charge in [0.2, 0.25) is 0 Å². The maximum absolute atomic E-state index is 13.0. The van der Waals surface area contributed by atoms with Gasteiger partial charge in [0.15, 0.2) is 5.82 Å². The van der Waals surface area contributed by atoms with Crippen LogP contribution < -0.4 is 15.0 Å². The lowest BCUT2D eigenvalue weighted by molar-refractivity contribution is 0.208. The lowest BCUT2D eigenvalue weighted by atomic mass is 10.0. The second kappa shape index (κ2) is 12.2. The van der Waals surface area contributed by atoms with E-state index in [2.05, 4.69) is 34.5 Å². The van der Waals surface area contributed by atoms with Crippen molar-refractivity contribution >= 4 is 29.1 Å². The SMILES string of the molecule is CCOc1ccc(NC(=O)N2CCN(c3nc(-c4ccc(Cl)cc4)nc(C)c3Cc3ccccc3)CC2)cc1. The zero-order valence-corrected chi connectivity index (χ0v) is 23.0. The number of piperazine rings is 1. The molecule has 3 aromatic carbocycles. The Hall–Kier alpha value is -4.10. The molecule has 0 spiro atoms. The fourth-order valence-corrected chi connectivity index (χ4v) is 4.83. The van der Waals surface area contributed by atoms with E-state index in [9.17, 15) is 4.79 Å². The highest BCUT2D eigenvalue weighted by atomic mass is 35.5. The third-order valence-corrected chi connectivity index (χ3v) is 7.05. The molecule has 8 heteroatoms. The van der Waals surface area contributed by atoms with Gasteiger partial charge in [-0.3, -0.25) is 0 Å². The van der Waals surface area contributed by atoms with E-state index in [-0.39, 0.29) is 6.03 Å². The molecule has 1 fully saturated rings. The van der Waals surface area contributed by atoms with Gasteiger partial charge in [-0.25, -0.2) is 14.8 Å². The van der Waals surface area contributed by atoms with Gasteiger partial charge in [-0.1, -0.05) is 41.9 Å². The summed E-state index contributed by atoms with van der Waals surface area (Å²) in [7, 11) is 0. The van der Waals surface area contributed by atoms with E-state index in [0.29, 0.717) is 43.6 Å². The third-order valence-electron chi connectivity index (χ3n) is 6.80. The van der Waals surface area contributed by atoms with Crippen molar-refractivity contribution in [3.8, 4) is 17.1 Å². The molecule has 0 bridgehead atoms. The zero-order chi connectivity index (χ0) is 27.2. The van der Waals surface area contributed by atoms with Crippen LogP contribution in [0.15, 0.2) is 78.9 Å². The maximum atomic E-state index is 13.0. The van der Waals surface area contributed by atoms with Crippen molar-refractivity contribution in [2.45, 2.75) is 20.3 Å². The van der Waals surface area contributed by atoms with Crippen molar-refractivity contribution in [3.05, 3.63) is 101 Å². The standard InChI is InChI=1S/C31H32ClN5O2/c1-3-39-27-15-13-26(14-16-27)34-31(38)37-19-17-36(18-20-37)30-28(21-23-7-5-4-6-8-23)22(2)33-29(35-30)24-9-11-25(32)12-10-24/h4-16H,3,17-21H2,1-2H3,(H,34,38). The molecule has 0 atom stereocenters. The molecule has 1 saturated heterocycles. The van der Waals surface area contributed by atoms with E-state index in [4.69, 9.17) is 26.3 Å². The molecular weight excluding hydrogens is 510 g/mol. The van der Waals surface area contributed by atoms with Gasteiger partial charge in [-0.05, 0) is 67.9 Å². The zero-order valence-electron chi connectivity index (χ0n) is 22.2. The number of carbonyl (C=O) groups excluding carboxylic acids is 1. The number of halogens is 1. The van der Waals surface area contributed by atoms with Crippen LogP contribution in [0.1, 0.15) is 23.7 Å². The highest BCUT2D eigenvalue weighted by Gasteiger charge is 2.25. The van der Waals surface area contributed by atoms with Crippen LogP contribution in [0.4, 0.5) is 16.3 Å². The van der Waals surface area contributed by atoms with E-state index in [1.54, 1.807) is 0 Å². The quantitative estimate of drug-likeness (QED) is 0.291. The van der Waals surface area contributed by atoms with E-state index in [0.717, 1.165) is 40.5 Å². The second-order valence-electron chi connectivity index (χ2n) is 9.47. The van der Waals surface area contributed by atoms with Gasteiger partial charge in [-0.15, -0.1) is 0 Å². The highest BCUT2D eigenvalue weighted by Crippen LogP contribution is 2.29. The first-order valence-corrected chi connectivity index (χ1v) is 13.6. The number of amides is 2. The van der Waals surface area contributed by atoms with Crippen molar-refractivity contribution in [1.82, 2.24) is 14.9 Å². The summed E-state index contributed by atoms with van der Waals surface area (Å²) in [6.45, 7) is 7.13. The average molecular weight is 542 g/mol. The first kappa shape index (κ1) is 26.5. The van der Waals surface area contributed by atoms with Crippen molar-refractivity contribution in [3.63, 3.8) is 0 Å². The average Bonchev–Trinajstić information content (AvgIpc) is 2.96. The Morgan fingerprint density at radius 2 is 1.62 bits per heavy atom. The molecular formula is C31H32ClN5O2. The number of benzene rings is 3.